The summed E-state index contributed by atoms with van der Waals surface area (Å²) in [4.78, 5) is 6.54. The van der Waals surface area contributed by atoms with Crippen molar-refractivity contribution in [1.29, 1.82) is 0 Å². The third-order valence-corrected chi connectivity index (χ3v) is 3.70. The zero-order valence-corrected chi connectivity index (χ0v) is 9.19. The molecule has 2 unspecified atom stereocenters. The summed E-state index contributed by atoms with van der Waals surface area (Å²) < 4.78 is 13.5. The standard InChI is InChI=1S/C12H16FN3/c13-11-2-1-5-15-12(11)8-16-9-3-4-10(16)7-14-6-9/h1-2,5,9-10,14H,3-4,6-8H2. The smallest absolute Gasteiger partial charge is 0.146 e. The van der Waals surface area contributed by atoms with Gasteiger partial charge in [-0.2, -0.15) is 0 Å². The first-order valence-corrected chi connectivity index (χ1v) is 5.90. The minimum absolute atomic E-state index is 0.180. The SMILES string of the molecule is Fc1cccnc1CN1C2CCC1CNC2. The predicted octanol–water partition coefficient (Wildman–Crippen LogP) is 1.16. The van der Waals surface area contributed by atoms with Gasteiger partial charge in [-0.15, -0.1) is 0 Å². The van der Waals surface area contributed by atoms with Crippen molar-refractivity contribution < 1.29 is 4.39 Å². The Morgan fingerprint density at radius 3 is 2.81 bits per heavy atom. The highest BCUT2D eigenvalue weighted by atomic mass is 19.1. The Hall–Kier alpha value is -1.00. The van der Waals surface area contributed by atoms with Crippen molar-refractivity contribution in [2.45, 2.75) is 31.5 Å². The highest BCUT2D eigenvalue weighted by molar-refractivity contribution is 5.08. The fourth-order valence-corrected chi connectivity index (χ4v) is 2.84. The third-order valence-electron chi connectivity index (χ3n) is 3.70. The molecular formula is C12H16FN3. The molecule has 0 aromatic carbocycles. The van der Waals surface area contributed by atoms with E-state index in [9.17, 15) is 4.39 Å². The van der Waals surface area contributed by atoms with Crippen molar-refractivity contribution in [2.75, 3.05) is 13.1 Å². The fraction of sp³-hybridized carbons (Fsp3) is 0.583. The van der Waals surface area contributed by atoms with Crippen LogP contribution in [0.25, 0.3) is 0 Å². The van der Waals surface area contributed by atoms with E-state index in [0.29, 0.717) is 24.3 Å². The molecular weight excluding hydrogens is 205 g/mol. The Kier molecular flexibility index (Phi) is 2.61. The van der Waals surface area contributed by atoms with Gasteiger partial charge in [0, 0.05) is 37.9 Å². The number of aromatic nitrogens is 1. The molecule has 4 heteroatoms. The summed E-state index contributed by atoms with van der Waals surface area (Å²) in [6.45, 7) is 2.72. The second kappa shape index (κ2) is 4.11. The Labute approximate surface area is 94.7 Å². The Balaban J connectivity index is 1.78. The van der Waals surface area contributed by atoms with Crippen molar-refractivity contribution in [2.24, 2.45) is 0 Å². The summed E-state index contributed by atoms with van der Waals surface area (Å²) in [6, 6.07) is 4.28. The van der Waals surface area contributed by atoms with Gasteiger partial charge < -0.3 is 5.32 Å². The zero-order valence-electron chi connectivity index (χ0n) is 9.19. The molecule has 2 aliphatic rings. The van der Waals surface area contributed by atoms with E-state index in [0.717, 1.165) is 13.1 Å². The van der Waals surface area contributed by atoms with Crippen LogP contribution >= 0.6 is 0 Å². The van der Waals surface area contributed by atoms with E-state index in [4.69, 9.17) is 0 Å². The number of halogens is 1. The first-order valence-electron chi connectivity index (χ1n) is 5.90. The molecule has 2 aliphatic heterocycles. The van der Waals surface area contributed by atoms with Gasteiger partial charge >= 0.3 is 0 Å². The van der Waals surface area contributed by atoms with E-state index in [1.54, 1.807) is 12.3 Å². The van der Waals surface area contributed by atoms with E-state index >= 15 is 0 Å². The summed E-state index contributed by atoms with van der Waals surface area (Å²) in [5.74, 6) is -0.180. The largest absolute Gasteiger partial charge is 0.314 e. The monoisotopic (exact) mass is 221 g/mol. The fourth-order valence-electron chi connectivity index (χ4n) is 2.84. The van der Waals surface area contributed by atoms with Gasteiger partial charge in [0.2, 0.25) is 0 Å². The van der Waals surface area contributed by atoms with Crippen LogP contribution in [0.15, 0.2) is 18.3 Å². The maximum absolute atomic E-state index is 13.5. The zero-order chi connectivity index (χ0) is 11.0. The number of pyridine rings is 1. The second-order valence-electron chi connectivity index (χ2n) is 4.65. The number of hydrogen-bond acceptors (Lipinski definition) is 3. The molecule has 0 aliphatic carbocycles. The van der Waals surface area contributed by atoms with Crippen LogP contribution in [0.4, 0.5) is 4.39 Å². The molecule has 0 radical (unpaired) electrons. The van der Waals surface area contributed by atoms with Gasteiger partial charge in [0.25, 0.3) is 0 Å². The van der Waals surface area contributed by atoms with E-state index in [-0.39, 0.29) is 5.82 Å². The molecule has 3 rings (SSSR count). The molecule has 1 N–H and O–H groups in total. The number of nitrogens with one attached hydrogen (secondary N) is 1. The second-order valence-corrected chi connectivity index (χ2v) is 4.65. The minimum atomic E-state index is -0.180. The van der Waals surface area contributed by atoms with Gasteiger partial charge in [0.05, 0.1) is 5.69 Å². The van der Waals surface area contributed by atoms with E-state index in [1.165, 1.54) is 18.9 Å². The summed E-state index contributed by atoms with van der Waals surface area (Å²) in [5, 5.41) is 3.42. The van der Waals surface area contributed by atoms with Gasteiger partial charge in [-0.25, -0.2) is 4.39 Å². The number of rotatable bonds is 2. The van der Waals surface area contributed by atoms with Gasteiger partial charge in [0.15, 0.2) is 0 Å². The molecule has 86 valence electrons. The Bertz CT molecular complexity index is 366. The van der Waals surface area contributed by atoms with Crippen molar-refractivity contribution in [3.05, 3.63) is 29.8 Å². The van der Waals surface area contributed by atoms with Crippen molar-refractivity contribution in [1.82, 2.24) is 15.2 Å². The first kappa shape index (κ1) is 10.2. The third kappa shape index (κ3) is 1.72. The quantitative estimate of drug-likeness (QED) is 0.812. The van der Waals surface area contributed by atoms with Crippen LogP contribution in [-0.2, 0) is 6.54 Å². The van der Waals surface area contributed by atoms with Gasteiger partial charge in [-0.1, -0.05) is 0 Å². The maximum atomic E-state index is 13.5. The Morgan fingerprint density at radius 1 is 1.38 bits per heavy atom. The van der Waals surface area contributed by atoms with Crippen LogP contribution in [-0.4, -0.2) is 35.1 Å². The number of piperazine rings is 1. The Morgan fingerprint density at radius 2 is 2.12 bits per heavy atom. The minimum Gasteiger partial charge on any atom is -0.314 e. The summed E-state index contributed by atoms with van der Waals surface area (Å²) >= 11 is 0. The highest BCUT2D eigenvalue weighted by Gasteiger charge is 2.36. The van der Waals surface area contributed by atoms with E-state index < -0.39 is 0 Å². The molecule has 1 aromatic rings. The summed E-state index contributed by atoms with van der Waals surface area (Å²) in [6.07, 6.45) is 4.13. The molecule has 0 amide bonds. The van der Waals surface area contributed by atoms with Crippen LogP contribution in [0.3, 0.4) is 0 Å². The lowest BCUT2D eigenvalue weighted by molar-refractivity contribution is 0.141. The molecule has 2 bridgehead atoms. The molecule has 3 heterocycles. The van der Waals surface area contributed by atoms with Crippen molar-refractivity contribution in [3.8, 4) is 0 Å². The molecule has 16 heavy (non-hydrogen) atoms. The maximum Gasteiger partial charge on any atom is 0.146 e. The van der Waals surface area contributed by atoms with Crippen molar-refractivity contribution >= 4 is 0 Å². The molecule has 3 nitrogen and oxygen atoms in total. The number of nitrogens with zero attached hydrogens (tertiary/aromatic N) is 2. The molecule has 0 saturated carbocycles. The average Bonchev–Trinajstić information content (AvgIpc) is 2.53. The number of fused-ring (bicyclic) bond motifs is 2. The predicted molar refractivity (Wildman–Crippen MR) is 59.4 cm³/mol. The lowest BCUT2D eigenvalue weighted by Gasteiger charge is -2.34. The van der Waals surface area contributed by atoms with Crippen LogP contribution < -0.4 is 5.32 Å². The topological polar surface area (TPSA) is 28.2 Å². The summed E-state index contributed by atoms with van der Waals surface area (Å²) in [7, 11) is 0. The molecule has 2 fully saturated rings. The molecule has 2 atom stereocenters. The van der Waals surface area contributed by atoms with Gasteiger partial charge in [-0.05, 0) is 25.0 Å². The average molecular weight is 221 g/mol. The molecule has 0 spiro atoms. The van der Waals surface area contributed by atoms with Crippen LogP contribution in [0.5, 0.6) is 0 Å². The van der Waals surface area contributed by atoms with Gasteiger partial charge in [0.1, 0.15) is 5.82 Å². The molecule has 2 saturated heterocycles. The summed E-state index contributed by atoms with van der Waals surface area (Å²) in [5.41, 5.74) is 0.585. The first-order chi connectivity index (χ1) is 7.84. The molecule has 1 aromatic heterocycles. The lowest BCUT2D eigenvalue weighted by Crippen LogP contribution is -2.51. The van der Waals surface area contributed by atoms with Crippen LogP contribution in [0.1, 0.15) is 18.5 Å². The van der Waals surface area contributed by atoms with E-state index in [1.807, 2.05) is 0 Å². The lowest BCUT2D eigenvalue weighted by atomic mass is 10.2. The highest BCUT2D eigenvalue weighted by Crippen LogP contribution is 2.28. The van der Waals surface area contributed by atoms with Crippen molar-refractivity contribution in [3.63, 3.8) is 0 Å². The van der Waals surface area contributed by atoms with E-state index in [2.05, 4.69) is 15.2 Å². The normalized spacial score (nSPS) is 29.6. The van der Waals surface area contributed by atoms with Gasteiger partial charge in [-0.3, -0.25) is 9.88 Å². The van der Waals surface area contributed by atoms with Crippen LogP contribution in [0.2, 0.25) is 0 Å². The van der Waals surface area contributed by atoms with Crippen LogP contribution in [0, 0.1) is 5.82 Å². The number of hydrogen-bond donors (Lipinski definition) is 1.